The van der Waals surface area contributed by atoms with Crippen molar-refractivity contribution in [1.29, 1.82) is 0 Å². The van der Waals surface area contributed by atoms with E-state index in [0.717, 1.165) is 31.6 Å². The molecule has 0 bridgehead atoms. The average Bonchev–Trinajstić information content (AvgIpc) is 2.20. The Bertz CT molecular complexity index is 339. The molecule has 4 heteroatoms. The molecule has 0 spiro atoms. The highest BCUT2D eigenvalue weighted by Gasteiger charge is 2.16. The van der Waals surface area contributed by atoms with Crippen LogP contribution < -0.4 is 11.1 Å². The fourth-order valence-corrected chi connectivity index (χ4v) is 2.08. The molecule has 0 radical (unpaired) electrons. The highest BCUT2D eigenvalue weighted by atomic mass is 19.1. The van der Waals surface area contributed by atoms with Gasteiger partial charge in [0, 0.05) is 17.4 Å². The van der Waals surface area contributed by atoms with E-state index in [1.165, 1.54) is 12.1 Å². The van der Waals surface area contributed by atoms with Gasteiger partial charge in [0.15, 0.2) is 0 Å². The third-order valence-corrected chi connectivity index (χ3v) is 3.01. The standard InChI is InChI=1S/C12H18FN3/c1-16-4-2-11(3-5-16)15-12-7-9(13)6-10(14)8-12/h6-8,11,15H,2-5,14H2,1H3. The monoisotopic (exact) mass is 223 g/mol. The SMILES string of the molecule is CN1CCC(Nc2cc(N)cc(F)c2)CC1. The van der Waals surface area contributed by atoms with Gasteiger partial charge in [-0.15, -0.1) is 0 Å². The summed E-state index contributed by atoms with van der Waals surface area (Å²) in [6.45, 7) is 2.17. The van der Waals surface area contributed by atoms with Crippen molar-refractivity contribution in [3.8, 4) is 0 Å². The topological polar surface area (TPSA) is 41.3 Å². The van der Waals surface area contributed by atoms with E-state index in [0.29, 0.717) is 11.7 Å². The van der Waals surface area contributed by atoms with Crippen LogP contribution in [0.2, 0.25) is 0 Å². The molecule has 1 aliphatic heterocycles. The maximum Gasteiger partial charge on any atom is 0.127 e. The molecule has 1 aromatic rings. The molecule has 0 unspecified atom stereocenters. The number of anilines is 2. The van der Waals surface area contributed by atoms with Crippen molar-refractivity contribution in [2.24, 2.45) is 0 Å². The van der Waals surface area contributed by atoms with Crippen molar-refractivity contribution in [3.63, 3.8) is 0 Å². The quantitative estimate of drug-likeness (QED) is 0.753. The molecule has 0 atom stereocenters. The summed E-state index contributed by atoms with van der Waals surface area (Å²) in [6.07, 6.45) is 2.18. The first-order valence-electron chi connectivity index (χ1n) is 5.64. The van der Waals surface area contributed by atoms with Gasteiger partial charge in [0.2, 0.25) is 0 Å². The maximum atomic E-state index is 13.1. The van der Waals surface area contributed by atoms with Gasteiger partial charge in [-0.1, -0.05) is 0 Å². The highest BCUT2D eigenvalue weighted by molar-refractivity contribution is 5.55. The largest absolute Gasteiger partial charge is 0.399 e. The first-order chi connectivity index (χ1) is 7.63. The molecule has 1 heterocycles. The van der Waals surface area contributed by atoms with Crippen LogP contribution in [0.5, 0.6) is 0 Å². The van der Waals surface area contributed by atoms with Crippen LogP contribution in [0, 0.1) is 5.82 Å². The van der Waals surface area contributed by atoms with Crippen molar-refractivity contribution in [2.75, 3.05) is 31.2 Å². The number of rotatable bonds is 2. The maximum absolute atomic E-state index is 13.1. The van der Waals surface area contributed by atoms with Crippen molar-refractivity contribution in [3.05, 3.63) is 24.0 Å². The van der Waals surface area contributed by atoms with E-state index in [2.05, 4.69) is 17.3 Å². The molecule has 1 fully saturated rings. The molecule has 0 amide bonds. The Morgan fingerprint density at radius 2 is 2.00 bits per heavy atom. The Labute approximate surface area is 95.4 Å². The van der Waals surface area contributed by atoms with Crippen molar-refractivity contribution >= 4 is 11.4 Å². The van der Waals surface area contributed by atoms with E-state index in [1.54, 1.807) is 6.07 Å². The number of nitrogens with one attached hydrogen (secondary N) is 1. The predicted octanol–water partition coefficient (Wildman–Crippen LogP) is 1.91. The summed E-state index contributed by atoms with van der Waals surface area (Å²) in [7, 11) is 2.12. The van der Waals surface area contributed by atoms with Crippen LogP contribution in [0.4, 0.5) is 15.8 Å². The van der Waals surface area contributed by atoms with Gasteiger partial charge in [0.1, 0.15) is 5.82 Å². The second kappa shape index (κ2) is 4.70. The van der Waals surface area contributed by atoms with E-state index >= 15 is 0 Å². The van der Waals surface area contributed by atoms with E-state index in [9.17, 15) is 4.39 Å². The zero-order chi connectivity index (χ0) is 11.5. The zero-order valence-electron chi connectivity index (χ0n) is 9.54. The minimum atomic E-state index is -0.282. The van der Waals surface area contributed by atoms with Crippen molar-refractivity contribution < 1.29 is 4.39 Å². The Balaban J connectivity index is 1.98. The average molecular weight is 223 g/mol. The predicted molar refractivity (Wildman–Crippen MR) is 65.0 cm³/mol. The minimum Gasteiger partial charge on any atom is -0.399 e. The lowest BCUT2D eigenvalue weighted by Crippen LogP contribution is -2.36. The Hall–Kier alpha value is -1.29. The molecule has 1 aromatic carbocycles. The number of nitrogen functional groups attached to an aromatic ring is 1. The summed E-state index contributed by atoms with van der Waals surface area (Å²) in [5.74, 6) is -0.282. The number of piperidine rings is 1. The van der Waals surface area contributed by atoms with Gasteiger partial charge >= 0.3 is 0 Å². The molecular weight excluding hydrogens is 205 g/mol. The number of hydrogen-bond donors (Lipinski definition) is 2. The van der Waals surface area contributed by atoms with E-state index in [4.69, 9.17) is 5.73 Å². The van der Waals surface area contributed by atoms with E-state index in [-0.39, 0.29) is 5.82 Å². The Kier molecular flexibility index (Phi) is 3.29. The Morgan fingerprint density at radius 3 is 2.62 bits per heavy atom. The van der Waals surface area contributed by atoms with Gasteiger partial charge < -0.3 is 16.0 Å². The second-order valence-electron chi connectivity index (χ2n) is 4.50. The molecule has 0 aliphatic carbocycles. The summed E-state index contributed by atoms with van der Waals surface area (Å²) in [6, 6.07) is 5.04. The fourth-order valence-electron chi connectivity index (χ4n) is 2.08. The molecule has 3 N–H and O–H groups in total. The van der Waals surface area contributed by atoms with Gasteiger partial charge in [-0.2, -0.15) is 0 Å². The lowest BCUT2D eigenvalue weighted by Gasteiger charge is -2.30. The smallest absolute Gasteiger partial charge is 0.127 e. The molecule has 0 aromatic heterocycles. The molecule has 1 saturated heterocycles. The molecular formula is C12H18FN3. The molecule has 2 rings (SSSR count). The summed E-state index contributed by atoms with van der Waals surface area (Å²) in [4.78, 5) is 2.30. The number of hydrogen-bond acceptors (Lipinski definition) is 3. The number of likely N-dealkylation sites (tertiary alicyclic amines) is 1. The molecule has 88 valence electrons. The zero-order valence-corrected chi connectivity index (χ0v) is 9.54. The lowest BCUT2D eigenvalue weighted by molar-refractivity contribution is 0.264. The first-order valence-corrected chi connectivity index (χ1v) is 5.64. The van der Waals surface area contributed by atoms with Crippen LogP contribution in [0.25, 0.3) is 0 Å². The number of benzene rings is 1. The first kappa shape index (κ1) is 11.2. The van der Waals surface area contributed by atoms with Crippen LogP contribution in [0.3, 0.4) is 0 Å². The summed E-state index contributed by atoms with van der Waals surface area (Å²) < 4.78 is 13.1. The number of nitrogens with zero attached hydrogens (tertiary/aromatic N) is 1. The van der Waals surface area contributed by atoms with Crippen molar-refractivity contribution in [2.45, 2.75) is 18.9 Å². The highest BCUT2D eigenvalue weighted by Crippen LogP contribution is 2.19. The molecule has 16 heavy (non-hydrogen) atoms. The summed E-state index contributed by atoms with van der Waals surface area (Å²) in [5.41, 5.74) is 6.85. The van der Waals surface area contributed by atoms with Crippen LogP contribution in [-0.2, 0) is 0 Å². The van der Waals surface area contributed by atoms with Gasteiger partial charge in [0.25, 0.3) is 0 Å². The third kappa shape index (κ3) is 2.85. The van der Waals surface area contributed by atoms with Crippen LogP contribution in [0.1, 0.15) is 12.8 Å². The van der Waals surface area contributed by atoms with Gasteiger partial charge in [-0.3, -0.25) is 0 Å². The summed E-state index contributed by atoms with van der Waals surface area (Å²) >= 11 is 0. The van der Waals surface area contributed by atoms with E-state index < -0.39 is 0 Å². The second-order valence-corrected chi connectivity index (χ2v) is 4.50. The normalized spacial score (nSPS) is 18.6. The van der Waals surface area contributed by atoms with Gasteiger partial charge in [-0.25, -0.2) is 4.39 Å². The number of nitrogens with two attached hydrogens (primary N) is 1. The number of halogens is 1. The van der Waals surface area contributed by atoms with Gasteiger partial charge in [-0.05, 0) is 51.2 Å². The fraction of sp³-hybridized carbons (Fsp3) is 0.500. The molecule has 0 saturated carbocycles. The third-order valence-electron chi connectivity index (χ3n) is 3.01. The Morgan fingerprint density at radius 1 is 1.31 bits per heavy atom. The van der Waals surface area contributed by atoms with Crippen LogP contribution in [-0.4, -0.2) is 31.1 Å². The molecule has 1 aliphatic rings. The minimum absolute atomic E-state index is 0.282. The van der Waals surface area contributed by atoms with E-state index in [1.807, 2.05) is 0 Å². The van der Waals surface area contributed by atoms with Crippen LogP contribution >= 0.6 is 0 Å². The van der Waals surface area contributed by atoms with Gasteiger partial charge in [0.05, 0.1) is 0 Å². The van der Waals surface area contributed by atoms with Crippen molar-refractivity contribution in [1.82, 2.24) is 4.90 Å². The summed E-state index contributed by atoms with van der Waals surface area (Å²) in [5, 5.41) is 3.34. The lowest BCUT2D eigenvalue weighted by atomic mass is 10.1. The van der Waals surface area contributed by atoms with Crippen LogP contribution in [0.15, 0.2) is 18.2 Å². The molecule has 3 nitrogen and oxygen atoms in total.